The van der Waals surface area contributed by atoms with Crippen molar-refractivity contribution in [1.29, 1.82) is 0 Å². The molecule has 0 radical (unpaired) electrons. The average molecular weight is 143 g/mol. The van der Waals surface area contributed by atoms with Crippen LogP contribution in [0.25, 0.3) is 0 Å². The molecule has 0 aromatic rings. The molecule has 1 saturated carbocycles. The smallest absolute Gasteiger partial charge is 0.0583 e. The minimum atomic E-state index is -0.116. The number of hydrogen-bond acceptors (Lipinski definition) is 2. The van der Waals surface area contributed by atoms with E-state index in [1.807, 2.05) is 0 Å². The molecule has 1 fully saturated rings. The van der Waals surface area contributed by atoms with Crippen molar-refractivity contribution in [3.63, 3.8) is 0 Å². The molecule has 2 nitrogen and oxygen atoms in total. The first-order valence-corrected chi connectivity index (χ1v) is 4.19. The van der Waals surface area contributed by atoms with Gasteiger partial charge in [0.25, 0.3) is 0 Å². The van der Waals surface area contributed by atoms with Crippen molar-refractivity contribution < 1.29 is 5.11 Å². The van der Waals surface area contributed by atoms with Gasteiger partial charge in [0.2, 0.25) is 0 Å². The van der Waals surface area contributed by atoms with E-state index in [4.69, 9.17) is 5.73 Å². The highest BCUT2D eigenvalue weighted by atomic mass is 16.3. The number of rotatable bonds is 2. The van der Waals surface area contributed by atoms with Crippen LogP contribution >= 0.6 is 0 Å². The topological polar surface area (TPSA) is 46.2 Å². The molecule has 0 aromatic carbocycles. The molecule has 0 amide bonds. The molecule has 10 heavy (non-hydrogen) atoms. The van der Waals surface area contributed by atoms with Gasteiger partial charge in [0.15, 0.2) is 0 Å². The highest BCUT2D eigenvalue weighted by Gasteiger charge is 2.28. The molecule has 0 bridgehead atoms. The Morgan fingerprint density at radius 1 is 1.60 bits per heavy atom. The monoisotopic (exact) mass is 143 g/mol. The Morgan fingerprint density at radius 2 is 2.30 bits per heavy atom. The predicted octanol–water partition coefficient (Wildman–Crippen LogP) is 0.885. The second-order valence-corrected chi connectivity index (χ2v) is 3.23. The number of aliphatic hydroxyl groups excluding tert-OH is 1. The van der Waals surface area contributed by atoms with Crippen LogP contribution in [-0.4, -0.2) is 17.3 Å². The summed E-state index contributed by atoms with van der Waals surface area (Å²) in [7, 11) is 0. The predicted molar refractivity (Wildman–Crippen MR) is 41.6 cm³/mol. The molecule has 2 heteroatoms. The minimum absolute atomic E-state index is 0.116. The van der Waals surface area contributed by atoms with Crippen molar-refractivity contribution in [2.75, 3.05) is 0 Å². The van der Waals surface area contributed by atoms with Gasteiger partial charge in [-0.1, -0.05) is 13.3 Å². The van der Waals surface area contributed by atoms with Gasteiger partial charge in [0, 0.05) is 6.04 Å². The molecule has 60 valence electrons. The van der Waals surface area contributed by atoms with Gasteiger partial charge in [-0.2, -0.15) is 0 Å². The standard InChI is InChI=1S/C8H17NO/c1-2-7(9)6-4-3-5-8(6)10/h6-8,10H,2-5,9H2,1H3/t6-,7?,8-/m0/s1. The first-order valence-electron chi connectivity index (χ1n) is 4.19. The molecule has 1 aliphatic rings. The average Bonchev–Trinajstić information content (AvgIpc) is 2.34. The molecular formula is C8H17NO. The van der Waals surface area contributed by atoms with Crippen molar-refractivity contribution in [3.05, 3.63) is 0 Å². The van der Waals surface area contributed by atoms with Gasteiger partial charge in [-0.3, -0.25) is 0 Å². The molecule has 1 rings (SSSR count). The molecule has 0 aliphatic heterocycles. The summed E-state index contributed by atoms with van der Waals surface area (Å²) in [5.74, 6) is 0.380. The van der Waals surface area contributed by atoms with Gasteiger partial charge in [-0.15, -0.1) is 0 Å². The summed E-state index contributed by atoms with van der Waals surface area (Å²) in [5.41, 5.74) is 5.81. The van der Waals surface area contributed by atoms with Crippen LogP contribution in [0.5, 0.6) is 0 Å². The van der Waals surface area contributed by atoms with Gasteiger partial charge in [-0.25, -0.2) is 0 Å². The van der Waals surface area contributed by atoms with Gasteiger partial charge < -0.3 is 10.8 Å². The third-order valence-corrected chi connectivity index (χ3v) is 2.55. The second kappa shape index (κ2) is 3.35. The number of hydrogen-bond donors (Lipinski definition) is 2. The van der Waals surface area contributed by atoms with Crippen LogP contribution in [0.1, 0.15) is 32.6 Å². The Bertz CT molecular complexity index is 105. The molecule has 3 atom stereocenters. The fraction of sp³-hybridized carbons (Fsp3) is 1.00. The number of aliphatic hydroxyl groups is 1. The molecule has 1 unspecified atom stereocenters. The largest absolute Gasteiger partial charge is 0.393 e. The highest BCUT2D eigenvalue weighted by Crippen LogP contribution is 2.28. The maximum Gasteiger partial charge on any atom is 0.0583 e. The summed E-state index contributed by atoms with van der Waals surface area (Å²) >= 11 is 0. The van der Waals surface area contributed by atoms with Crippen molar-refractivity contribution in [1.82, 2.24) is 0 Å². The molecular weight excluding hydrogens is 126 g/mol. The van der Waals surface area contributed by atoms with Crippen LogP contribution in [0.15, 0.2) is 0 Å². The Balaban J connectivity index is 2.38. The maximum absolute atomic E-state index is 9.41. The summed E-state index contributed by atoms with van der Waals surface area (Å²) in [5, 5.41) is 9.41. The first-order chi connectivity index (χ1) is 4.75. The summed E-state index contributed by atoms with van der Waals surface area (Å²) < 4.78 is 0. The van der Waals surface area contributed by atoms with E-state index in [0.717, 1.165) is 25.7 Å². The summed E-state index contributed by atoms with van der Waals surface area (Å²) in [6.07, 6.45) is 4.10. The van der Waals surface area contributed by atoms with Gasteiger partial charge in [0.05, 0.1) is 6.10 Å². The summed E-state index contributed by atoms with van der Waals surface area (Å²) in [4.78, 5) is 0. The van der Waals surface area contributed by atoms with Crippen molar-refractivity contribution in [2.45, 2.75) is 44.8 Å². The fourth-order valence-electron chi connectivity index (χ4n) is 1.77. The van der Waals surface area contributed by atoms with E-state index >= 15 is 0 Å². The Morgan fingerprint density at radius 3 is 2.70 bits per heavy atom. The van der Waals surface area contributed by atoms with E-state index < -0.39 is 0 Å². The SMILES string of the molecule is CCC(N)[C@@H]1CCC[C@@H]1O. The fourth-order valence-corrected chi connectivity index (χ4v) is 1.77. The zero-order valence-electron chi connectivity index (χ0n) is 6.59. The lowest BCUT2D eigenvalue weighted by Gasteiger charge is -2.20. The Kier molecular flexibility index (Phi) is 2.69. The Hall–Kier alpha value is -0.0800. The van der Waals surface area contributed by atoms with Gasteiger partial charge in [0.1, 0.15) is 0 Å². The molecule has 0 saturated heterocycles. The molecule has 3 N–H and O–H groups in total. The van der Waals surface area contributed by atoms with Gasteiger partial charge in [-0.05, 0) is 25.2 Å². The first kappa shape index (κ1) is 8.02. The van der Waals surface area contributed by atoms with Crippen molar-refractivity contribution in [2.24, 2.45) is 11.7 Å². The van der Waals surface area contributed by atoms with E-state index in [2.05, 4.69) is 6.92 Å². The lowest BCUT2D eigenvalue weighted by atomic mass is 9.95. The van der Waals surface area contributed by atoms with Crippen LogP contribution in [0, 0.1) is 5.92 Å². The normalized spacial score (nSPS) is 36.3. The quantitative estimate of drug-likeness (QED) is 0.603. The van der Waals surface area contributed by atoms with Crippen LogP contribution in [-0.2, 0) is 0 Å². The highest BCUT2D eigenvalue weighted by molar-refractivity contribution is 4.83. The van der Waals surface area contributed by atoms with E-state index in [0.29, 0.717) is 5.92 Å². The van der Waals surface area contributed by atoms with Crippen LogP contribution < -0.4 is 5.73 Å². The van der Waals surface area contributed by atoms with E-state index in [9.17, 15) is 5.11 Å². The van der Waals surface area contributed by atoms with Crippen LogP contribution in [0.4, 0.5) is 0 Å². The van der Waals surface area contributed by atoms with E-state index in [1.165, 1.54) is 0 Å². The van der Waals surface area contributed by atoms with Gasteiger partial charge >= 0.3 is 0 Å². The Labute approximate surface area is 62.4 Å². The minimum Gasteiger partial charge on any atom is -0.393 e. The van der Waals surface area contributed by atoms with E-state index in [1.54, 1.807) is 0 Å². The molecule has 0 aromatic heterocycles. The third-order valence-electron chi connectivity index (χ3n) is 2.55. The lowest BCUT2D eigenvalue weighted by Crippen LogP contribution is -2.34. The lowest BCUT2D eigenvalue weighted by molar-refractivity contribution is 0.117. The van der Waals surface area contributed by atoms with E-state index in [-0.39, 0.29) is 12.1 Å². The van der Waals surface area contributed by atoms with Crippen molar-refractivity contribution >= 4 is 0 Å². The second-order valence-electron chi connectivity index (χ2n) is 3.23. The zero-order valence-corrected chi connectivity index (χ0v) is 6.59. The van der Waals surface area contributed by atoms with Crippen LogP contribution in [0.2, 0.25) is 0 Å². The molecule has 0 heterocycles. The summed E-state index contributed by atoms with van der Waals surface area (Å²) in [6.45, 7) is 2.08. The maximum atomic E-state index is 9.41. The van der Waals surface area contributed by atoms with Crippen molar-refractivity contribution in [3.8, 4) is 0 Å². The molecule has 0 spiro atoms. The number of nitrogens with two attached hydrogens (primary N) is 1. The third kappa shape index (κ3) is 1.50. The summed E-state index contributed by atoms with van der Waals surface area (Å²) in [6, 6.07) is 0.220. The molecule has 1 aliphatic carbocycles. The van der Waals surface area contributed by atoms with Crippen LogP contribution in [0.3, 0.4) is 0 Å². The zero-order chi connectivity index (χ0) is 7.56.